The average Bonchev–Trinajstić information content (AvgIpc) is 2.64. The number of nitrogens with two attached hydrogens (primary N) is 1. The molecule has 0 bridgehead atoms. The lowest BCUT2D eigenvalue weighted by atomic mass is 9.96. The molecule has 6 heteroatoms. The van der Waals surface area contributed by atoms with Gasteiger partial charge in [-0.05, 0) is 13.8 Å². The van der Waals surface area contributed by atoms with Crippen LogP contribution in [0.5, 0.6) is 0 Å². The van der Waals surface area contributed by atoms with Crippen LogP contribution in [0.15, 0.2) is 0 Å². The third-order valence-corrected chi connectivity index (χ3v) is 3.07. The second-order valence-electron chi connectivity index (χ2n) is 4.76. The van der Waals surface area contributed by atoms with Crippen molar-refractivity contribution in [2.45, 2.75) is 39.0 Å². The number of rotatable bonds is 2. The molecule has 0 radical (unpaired) electrons. The van der Waals surface area contributed by atoms with Crippen LogP contribution in [0, 0.1) is 0 Å². The molecule has 17 heavy (non-hydrogen) atoms. The number of hydrogen-bond donors (Lipinski definition) is 3. The average molecular weight is 238 g/mol. The van der Waals surface area contributed by atoms with Crippen LogP contribution >= 0.6 is 0 Å². The van der Waals surface area contributed by atoms with Gasteiger partial charge in [-0.2, -0.15) is 5.10 Å². The second-order valence-corrected chi connectivity index (χ2v) is 4.76. The summed E-state index contributed by atoms with van der Waals surface area (Å²) in [7, 11) is 0. The molecule has 1 aliphatic heterocycles. The third kappa shape index (κ3) is 1.83. The number of carbonyl (C=O) groups excluding carboxylic acids is 1. The topological polar surface area (TPSA) is 93.2 Å². The van der Waals surface area contributed by atoms with Gasteiger partial charge in [0.1, 0.15) is 6.23 Å². The summed E-state index contributed by atoms with van der Waals surface area (Å²) in [5.41, 5.74) is 6.91. The second kappa shape index (κ2) is 4.12. The first-order valence-corrected chi connectivity index (χ1v) is 5.77. The highest BCUT2D eigenvalue weighted by molar-refractivity contribution is 5.92. The molecule has 6 nitrogen and oxygen atoms in total. The highest BCUT2D eigenvalue weighted by Crippen LogP contribution is 2.32. The lowest BCUT2D eigenvalue weighted by Gasteiger charge is -2.27. The van der Waals surface area contributed by atoms with Gasteiger partial charge in [-0.25, -0.2) is 0 Å². The van der Waals surface area contributed by atoms with Crippen molar-refractivity contribution < 1.29 is 9.90 Å². The summed E-state index contributed by atoms with van der Waals surface area (Å²) in [6, 6.07) is 0.129. The summed E-state index contributed by atoms with van der Waals surface area (Å²) in [6.07, 6.45) is -0.865. The molecule has 1 aliphatic rings. The van der Waals surface area contributed by atoms with E-state index in [2.05, 4.69) is 10.4 Å². The van der Waals surface area contributed by atoms with Crippen molar-refractivity contribution in [1.82, 2.24) is 15.1 Å². The standard InChI is InChI=1S/C11H18N4O2/c1-5(2)15-9-6(3)4-13-11(17)7(9)8(14-15)10(12)16/h5-6,11,13,17H,4H2,1-3H3,(H2,12,16). The van der Waals surface area contributed by atoms with E-state index in [4.69, 9.17) is 5.73 Å². The molecule has 0 saturated heterocycles. The van der Waals surface area contributed by atoms with Gasteiger partial charge in [-0.1, -0.05) is 6.92 Å². The SMILES string of the molecule is CC1CNC(O)c2c(C(N)=O)nn(C(C)C)c21. The van der Waals surface area contributed by atoms with Crippen molar-refractivity contribution in [2.75, 3.05) is 6.54 Å². The maximum absolute atomic E-state index is 11.4. The van der Waals surface area contributed by atoms with Crippen LogP contribution in [-0.4, -0.2) is 27.3 Å². The minimum Gasteiger partial charge on any atom is -0.374 e. The summed E-state index contributed by atoms with van der Waals surface area (Å²) in [4.78, 5) is 11.4. The molecule has 0 saturated carbocycles. The van der Waals surface area contributed by atoms with E-state index in [0.717, 1.165) is 5.69 Å². The van der Waals surface area contributed by atoms with Gasteiger partial charge in [-0.3, -0.25) is 14.8 Å². The van der Waals surface area contributed by atoms with Gasteiger partial charge in [0.2, 0.25) is 0 Å². The fourth-order valence-electron chi connectivity index (χ4n) is 2.28. The van der Waals surface area contributed by atoms with Gasteiger partial charge in [0.15, 0.2) is 5.69 Å². The van der Waals surface area contributed by atoms with Crippen molar-refractivity contribution in [1.29, 1.82) is 0 Å². The molecular weight excluding hydrogens is 220 g/mol. The predicted molar refractivity (Wildman–Crippen MR) is 62.5 cm³/mol. The molecule has 0 fully saturated rings. The zero-order chi connectivity index (χ0) is 12.7. The molecule has 4 N–H and O–H groups in total. The van der Waals surface area contributed by atoms with Crippen molar-refractivity contribution in [3.05, 3.63) is 17.0 Å². The summed E-state index contributed by atoms with van der Waals surface area (Å²) in [5, 5.41) is 17.1. The van der Waals surface area contributed by atoms with Crippen LogP contribution in [0.2, 0.25) is 0 Å². The number of carbonyl (C=O) groups is 1. The van der Waals surface area contributed by atoms with Crippen LogP contribution in [0.3, 0.4) is 0 Å². The predicted octanol–water partition coefficient (Wildman–Crippen LogP) is 0.260. The lowest BCUT2D eigenvalue weighted by molar-refractivity contribution is 0.0974. The van der Waals surface area contributed by atoms with Gasteiger partial charge in [0.25, 0.3) is 5.91 Å². The van der Waals surface area contributed by atoms with Gasteiger partial charge >= 0.3 is 0 Å². The van der Waals surface area contributed by atoms with Crippen LogP contribution < -0.4 is 11.1 Å². The zero-order valence-corrected chi connectivity index (χ0v) is 10.3. The molecule has 2 heterocycles. The van der Waals surface area contributed by atoms with Gasteiger partial charge < -0.3 is 10.8 Å². The fraction of sp³-hybridized carbons (Fsp3) is 0.636. The molecule has 0 aliphatic carbocycles. The molecule has 2 unspecified atom stereocenters. The Balaban J connectivity index is 2.66. The maximum atomic E-state index is 11.4. The number of aliphatic hydroxyl groups is 1. The van der Waals surface area contributed by atoms with E-state index in [1.165, 1.54) is 0 Å². The molecule has 0 spiro atoms. The normalized spacial score (nSPS) is 23.8. The summed E-state index contributed by atoms with van der Waals surface area (Å²) in [6.45, 7) is 6.66. The van der Waals surface area contributed by atoms with Crippen molar-refractivity contribution in [3.63, 3.8) is 0 Å². The Morgan fingerprint density at radius 1 is 1.65 bits per heavy atom. The molecule has 2 rings (SSSR count). The van der Waals surface area contributed by atoms with Crippen molar-refractivity contribution in [3.8, 4) is 0 Å². The quantitative estimate of drug-likeness (QED) is 0.689. The Kier molecular flexibility index (Phi) is 2.92. The van der Waals surface area contributed by atoms with Gasteiger partial charge in [0.05, 0.1) is 5.69 Å². The smallest absolute Gasteiger partial charge is 0.269 e. The molecule has 0 aromatic carbocycles. The summed E-state index contributed by atoms with van der Waals surface area (Å²) < 4.78 is 1.78. The number of nitrogens with zero attached hydrogens (tertiary/aromatic N) is 2. The number of hydrogen-bond acceptors (Lipinski definition) is 4. The lowest BCUT2D eigenvalue weighted by Crippen LogP contribution is -2.34. The Morgan fingerprint density at radius 3 is 2.82 bits per heavy atom. The number of fused-ring (bicyclic) bond motifs is 1. The van der Waals surface area contributed by atoms with Gasteiger partial charge in [0, 0.05) is 24.1 Å². The number of nitrogens with one attached hydrogen (secondary N) is 1. The first-order valence-electron chi connectivity index (χ1n) is 5.77. The van der Waals surface area contributed by atoms with E-state index in [-0.39, 0.29) is 17.7 Å². The van der Waals surface area contributed by atoms with Crippen molar-refractivity contribution in [2.24, 2.45) is 5.73 Å². The highest BCUT2D eigenvalue weighted by atomic mass is 16.3. The molecule has 94 valence electrons. The monoisotopic (exact) mass is 238 g/mol. The Labute approximate surface area is 99.8 Å². The van der Waals surface area contributed by atoms with E-state index in [9.17, 15) is 9.90 Å². The van der Waals surface area contributed by atoms with E-state index in [0.29, 0.717) is 12.1 Å². The highest BCUT2D eigenvalue weighted by Gasteiger charge is 2.33. The molecule has 1 aromatic heterocycles. The molecular formula is C11H18N4O2. The van der Waals surface area contributed by atoms with E-state index in [1.54, 1.807) is 4.68 Å². The minimum absolute atomic E-state index is 0.129. The third-order valence-electron chi connectivity index (χ3n) is 3.07. The Hall–Kier alpha value is -1.40. The Bertz CT molecular complexity index is 453. The zero-order valence-electron chi connectivity index (χ0n) is 10.3. The molecule has 1 amide bonds. The van der Waals surface area contributed by atoms with Crippen LogP contribution in [0.4, 0.5) is 0 Å². The van der Waals surface area contributed by atoms with E-state index in [1.807, 2.05) is 20.8 Å². The van der Waals surface area contributed by atoms with E-state index >= 15 is 0 Å². The molecule has 2 atom stereocenters. The largest absolute Gasteiger partial charge is 0.374 e. The number of primary amides is 1. The van der Waals surface area contributed by atoms with Crippen LogP contribution in [0.1, 0.15) is 60.7 Å². The Morgan fingerprint density at radius 2 is 2.29 bits per heavy atom. The fourth-order valence-corrected chi connectivity index (χ4v) is 2.28. The van der Waals surface area contributed by atoms with Crippen LogP contribution in [0.25, 0.3) is 0 Å². The first kappa shape index (κ1) is 12.1. The number of aliphatic hydroxyl groups excluding tert-OH is 1. The summed E-state index contributed by atoms with van der Waals surface area (Å²) >= 11 is 0. The van der Waals surface area contributed by atoms with Crippen molar-refractivity contribution >= 4 is 5.91 Å². The number of aromatic nitrogens is 2. The molecule has 1 aromatic rings. The number of amides is 1. The first-order chi connectivity index (χ1) is 7.93. The van der Waals surface area contributed by atoms with E-state index < -0.39 is 12.1 Å². The van der Waals surface area contributed by atoms with Crippen LogP contribution in [-0.2, 0) is 0 Å². The summed E-state index contributed by atoms with van der Waals surface area (Å²) in [5.74, 6) is -0.410. The van der Waals surface area contributed by atoms with Gasteiger partial charge in [-0.15, -0.1) is 0 Å². The maximum Gasteiger partial charge on any atom is 0.269 e. The minimum atomic E-state index is -0.865.